The van der Waals surface area contributed by atoms with Gasteiger partial charge in [0, 0.05) is 0 Å². The molecule has 0 saturated heterocycles. The summed E-state index contributed by atoms with van der Waals surface area (Å²) in [7, 11) is 0. The molecule has 1 aliphatic rings. The summed E-state index contributed by atoms with van der Waals surface area (Å²) in [5.41, 5.74) is 1.69. The molecule has 0 amide bonds. The normalized spacial score (nSPS) is 18.1. The van der Waals surface area contributed by atoms with E-state index in [9.17, 15) is 9.90 Å². The number of carboxylic acids is 1. The molecule has 0 unspecified atom stereocenters. The number of hydrogen-bond donors (Lipinski definition) is 1. The van der Waals surface area contributed by atoms with Crippen molar-refractivity contribution in [3.8, 4) is 0 Å². The van der Waals surface area contributed by atoms with Crippen molar-refractivity contribution < 1.29 is 9.90 Å². The van der Waals surface area contributed by atoms with Crippen LogP contribution in [0.3, 0.4) is 0 Å². The summed E-state index contributed by atoms with van der Waals surface area (Å²) in [5.74, 6) is -0.0942. The third-order valence-corrected chi connectivity index (χ3v) is 5.01. The van der Waals surface area contributed by atoms with E-state index in [4.69, 9.17) is 0 Å². The van der Waals surface area contributed by atoms with Crippen LogP contribution < -0.4 is 0 Å². The van der Waals surface area contributed by atoms with E-state index in [2.05, 4.69) is 26.0 Å². The predicted octanol–water partition coefficient (Wildman–Crippen LogP) is 4.88. The maximum absolute atomic E-state index is 11.9. The minimum atomic E-state index is -0.640. The highest BCUT2D eigenvalue weighted by Crippen LogP contribution is 2.40. The van der Waals surface area contributed by atoms with Gasteiger partial charge >= 0.3 is 5.97 Å². The van der Waals surface area contributed by atoms with Crippen molar-refractivity contribution in [2.75, 3.05) is 0 Å². The Labute approximate surface area is 122 Å². The van der Waals surface area contributed by atoms with Gasteiger partial charge in [0.25, 0.3) is 0 Å². The van der Waals surface area contributed by atoms with E-state index in [1.54, 1.807) is 0 Å². The maximum atomic E-state index is 11.9. The van der Waals surface area contributed by atoms with Crippen molar-refractivity contribution >= 4 is 5.97 Å². The molecule has 0 aliphatic heterocycles. The second-order valence-corrected chi connectivity index (χ2v) is 6.09. The summed E-state index contributed by atoms with van der Waals surface area (Å²) < 4.78 is 0. The first-order valence-electron chi connectivity index (χ1n) is 7.98. The van der Waals surface area contributed by atoms with Crippen LogP contribution in [0.15, 0.2) is 24.3 Å². The largest absolute Gasteiger partial charge is 0.481 e. The third kappa shape index (κ3) is 2.74. The lowest BCUT2D eigenvalue weighted by Gasteiger charge is -2.34. The van der Waals surface area contributed by atoms with Crippen molar-refractivity contribution in [1.29, 1.82) is 0 Å². The van der Waals surface area contributed by atoms with Gasteiger partial charge in [-0.15, -0.1) is 0 Å². The molecule has 0 bridgehead atoms. The van der Waals surface area contributed by atoms with Crippen LogP contribution in [-0.2, 0) is 10.2 Å². The first-order valence-corrected chi connectivity index (χ1v) is 7.98. The van der Waals surface area contributed by atoms with Crippen LogP contribution in [0.5, 0.6) is 0 Å². The molecule has 0 spiro atoms. The van der Waals surface area contributed by atoms with Crippen molar-refractivity contribution in [3.05, 3.63) is 35.4 Å². The number of rotatable bonds is 5. The fourth-order valence-electron chi connectivity index (χ4n) is 3.63. The Morgan fingerprint density at radius 1 is 1.20 bits per heavy atom. The molecular weight excluding hydrogens is 248 g/mol. The van der Waals surface area contributed by atoms with Crippen molar-refractivity contribution in [2.24, 2.45) is 0 Å². The van der Waals surface area contributed by atoms with Gasteiger partial charge < -0.3 is 5.11 Å². The summed E-state index contributed by atoms with van der Waals surface area (Å²) >= 11 is 0. The second-order valence-electron chi connectivity index (χ2n) is 6.09. The molecule has 1 aromatic carbocycles. The molecule has 2 heteroatoms. The molecule has 1 aliphatic carbocycles. The first kappa shape index (κ1) is 15.1. The minimum absolute atomic E-state index is 0.546. The number of carbonyl (C=O) groups is 1. The lowest BCUT2D eigenvalue weighted by molar-refractivity contribution is -0.145. The molecule has 1 fully saturated rings. The molecule has 0 radical (unpaired) electrons. The predicted molar refractivity (Wildman–Crippen MR) is 82.2 cm³/mol. The average molecular weight is 274 g/mol. The highest BCUT2D eigenvalue weighted by atomic mass is 16.4. The Hall–Kier alpha value is -1.31. The maximum Gasteiger partial charge on any atom is 0.314 e. The van der Waals surface area contributed by atoms with Crippen LogP contribution in [0.1, 0.15) is 75.8 Å². The average Bonchev–Trinajstić information content (AvgIpc) is 2.49. The van der Waals surface area contributed by atoms with Gasteiger partial charge in [0.15, 0.2) is 0 Å². The van der Waals surface area contributed by atoms with Gasteiger partial charge in [-0.05, 0) is 42.7 Å². The summed E-state index contributed by atoms with van der Waals surface area (Å²) in [6.07, 6.45) is 7.02. The SMILES string of the molecule is CCC(CC)c1cccc(C2(C(=O)O)CCCCC2)c1. The molecule has 0 aromatic heterocycles. The number of benzene rings is 1. The van der Waals surface area contributed by atoms with E-state index in [0.717, 1.165) is 44.1 Å². The second kappa shape index (κ2) is 6.43. The van der Waals surface area contributed by atoms with Crippen LogP contribution in [0, 0.1) is 0 Å². The Bertz CT molecular complexity index is 454. The fourth-order valence-corrected chi connectivity index (χ4v) is 3.63. The van der Waals surface area contributed by atoms with Crippen molar-refractivity contribution in [1.82, 2.24) is 0 Å². The van der Waals surface area contributed by atoms with Crippen LogP contribution >= 0.6 is 0 Å². The molecule has 1 N–H and O–H groups in total. The van der Waals surface area contributed by atoms with Crippen LogP contribution in [-0.4, -0.2) is 11.1 Å². The zero-order valence-electron chi connectivity index (χ0n) is 12.7. The summed E-state index contributed by atoms with van der Waals surface area (Å²) in [4.78, 5) is 11.9. The van der Waals surface area contributed by atoms with Gasteiger partial charge in [0.1, 0.15) is 0 Å². The van der Waals surface area contributed by atoms with Crippen LogP contribution in [0.4, 0.5) is 0 Å². The quantitative estimate of drug-likeness (QED) is 0.831. The molecule has 1 saturated carbocycles. The highest BCUT2D eigenvalue weighted by molar-refractivity contribution is 5.81. The van der Waals surface area contributed by atoms with Gasteiger partial charge in [-0.1, -0.05) is 57.4 Å². The van der Waals surface area contributed by atoms with Gasteiger partial charge in [-0.2, -0.15) is 0 Å². The molecule has 0 heterocycles. The van der Waals surface area contributed by atoms with E-state index < -0.39 is 11.4 Å². The molecule has 0 atom stereocenters. The third-order valence-electron chi connectivity index (χ3n) is 5.01. The van der Waals surface area contributed by atoms with Crippen molar-refractivity contribution in [2.45, 2.75) is 70.1 Å². The van der Waals surface area contributed by atoms with Crippen molar-refractivity contribution in [3.63, 3.8) is 0 Å². The van der Waals surface area contributed by atoms with E-state index in [0.29, 0.717) is 5.92 Å². The Morgan fingerprint density at radius 3 is 2.40 bits per heavy atom. The molecule has 1 aromatic rings. The topological polar surface area (TPSA) is 37.3 Å². The Balaban J connectivity index is 2.39. The smallest absolute Gasteiger partial charge is 0.314 e. The van der Waals surface area contributed by atoms with E-state index in [-0.39, 0.29) is 0 Å². The van der Waals surface area contributed by atoms with Gasteiger partial charge in [0.05, 0.1) is 5.41 Å². The molecule has 2 nitrogen and oxygen atoms in total. The summed E-state index contributed by atoms with van der Waals surface area (Å²) in [6.45, 7) is 4.41. The molecular formula is C18H26O2. The minimum Gasteiger partial charge on any atom is -0.481 e. The zero-order chi connectivity index (χ0) is 14.6. The Morgan fingerprint density at radius 2 is 1.85 bits per heavy atom. The zero-order valence-corrected chi connectivity index (χ0v) is 12.7. The summed E-state index contributed by atoms with van der Waals surface area (Å²) in [5, 5.41) is 9.79. The lowest BCUT2D eigenvalue weighted by Crippen LogP contribution is -2.37. The number of carboxylic acid groups (broad SMARTS) is 1. The van der Waals surface area contributed by atoms with Crippen LogP contribution in [0.25, 0.3) is 0 Å². The van der Waals surface area contributed by atoms with Gasteiger partial charge in [0.2, 0.25) is 0 Å². The molecule has 110 valence electrons. The highest BCUT2D eigenvalue weighted by Gasteiger charge is 2.41. The summed E-state index contributed by atoms with van der Waals surface area (Å²) in [6, 6.07) is 8.38. The van der Waals surface area contributed by atoms with Crippen LogP contribution in [0.2, 0.25) is 0 Å². The monoisotopic (exact) mass is 274 g/mol. The first-order chi connectivity index (χ1) is 9.64. The molecule has 2 rings (SSSR count). The van der Waals surface area contributed by atoms with Gasteiger partial charge in [-0.3, -0.25) is 4.79 Å². The standard InChI is InChI=1S/C18H26O2/c1-3-14(4-2)15-9-8-10-16(13-15)18(17(19)20)11-6-5-7-12-18/h8-10,13-14H,3-7,11-12H2,1-2H3,(H,19,20). The van der Waals surface area contributed by atoms with Gasteiger partial charge in [-0.25, -0.2) is 0 Å². The number of hydrogen-bond acceptors (Lipinski definition) is 1. The number of aliphatic carboxylic acids is 1. The Kier molecular flexibility index (Phi) is 4.85. The lowest BCUT2D eigenvalue weighted by atomic mass is 9.69. The van der Waals surface area contributed by atoms with E-state index in [1.165, 1.54) is 12.0 Å². The molecule has 20 heavy (non-hydrogen) atoms. The fraction of sp³-hybridized carbons (Fsp3) is 0.611. The van der Waals surface area contributed by atoms with E-state index in [1.807, 2.05) is 12.1 Å². The van der Waals surface area contributed by atoms with E-state index >= 15 is 0 Å².